The van der Waals surface area contributed by atoms with Gasteiger partial charge in [0.15, 0.2) is 0 Å². The van der Waals surface area contributed by atoms with Gasteiger partial charge in [0.2, 0.25) is 0 Å². The zero-order valence-corrected chi connectivity index (χ0v) is 13.3. The van der Waals surface area contributed by atoms with Gasteiger partial charge in [-0.15, -0.1) is 0 Å². The number of aliphatic hydroxyl groups is 1. The maximum Gasteiger partial charge on any atom is 0.118 e. The molecule has 4 heteroatoms. The number of nitrogens with zero attached hydrogens (tertiary/aromatic N) is 1. The Morgan fingerprint density at radius 3 is 2.40 bits per heavy atom. The van der Waals surface area contributed by atoms with E-state index in [1.807, 2.05) is 38.1 Å². The zero-order valence-electron chi connectivity index (χ0n) is 13.3. The molecular formula is C16H28N2O2. The van der Waals surface area contributed by atoms with Crippen LogP contribution >= 0.6 is 0 Å². The molecule has 1 rings (SSSR count). The molecule has 0 saturated carbocycles. The topological polar surface area (TPSA) is 44.7 Å². The second-order valence-electron chi connectivity index (χ2n) is 6.07. The number of methoxy groups -OCH3 is 1. The summed E-state index contributed by atoms with van der Waals surface area (Å²) in [4.78, 5) is 2.00. The molecule has 2 atom stereocenters. The molecule has 4 nitrogen and oxygen atoms in total. The minimum atomic E-state index is -0.711. The number of rotatable bonds is 8. The third-order valence-electron chi connectivity index (χ3n) is 3.19. The predicted molar refractivity (Wildman–Crippen MR) is 83.3 cm³/mol. The number of nitrogens with one attached hydrogen (secondary N) is 1. The van der Waals surface area contributed by atoms with Crippen LogP contribution in [0.4, 0.5) is 0 Å². The average molecular weight is 280 g/mol. The highest BCUT2D eigenvalue weighted by atomic mass is 16.5. The van der Waals surface area contributed by atoms with E-state index in [1.165, 1.54) is 5.56 Å². The van der Waals surface area contributed by atoms with Crippen LogP contribution in [0.5, 0.6) is 5.75 Å². The smallest absolute Gasteiger partial charge is 0.118 e. The third-order valence-corrected chi connectivity index (χ3v) is 3.19. The van der Waals surface area contributed by atoms with Crippen molar-refractivity contribution in [3.8, 4) is 5.75 Å². The molecule has 0 fully saturated rings. The Balaban J connectivity index is 2.41. The first-order valence-electron chi connectivity index (χ1n) is 7.06. The van der Waals surface area contributed by atoms with Gasteiger partial charge in [-0.25, -0.2) is 0 Å². The van der Waals surface area contributed by atoms with Gasteiger partial charge in [-0.05, 0) is 52.1 Å². The van der Waals surface area contributed by atoms with Gasteiger partial charge in [-0.3, -0.25) is 0 Å². The number of hydrogen-bond donors (Lipinski definition) is 2. The summed E-state index contributed by atoms with van der Waals surface area (Å²) in [6.07, 6.45) is 0.933. The highest BCUT2D eigenvalue weighted by Gasteiger charge is 2.21. The lowest BCUT2D eigenvalue weighted by molar-refractivity contribution is 0.0318. The van der Waals surface area contributed by atoms with Crippen LogP contribution in [-0.2, 0) is 6.42 Å². The van der Waals surface area contributed by atoms with E-state index in [9.17, 15) is 5.11 Å². The summed E-state index contributed by atoms with van der Waals surface area (Å²) in [6, 6.07) is 8.43. The van der Waals surface area contributed by atoms with Crippen molar-refractivity contribution in [2.75, 3.05) is 34.3 Å². The van der Waals surface area contributed by atoms with E-state index in [2.05, 4.69) is 24.4 Å². The van der Waals surface area contributed by atoms with Gasteiger partial charge in [0.25, 0.3) is 0 Å². The molecule has 0 aromatic heterocycles. The van der Waals surface area contributed by atoms with Crippen LogP contribution in [0.1, 0.15) is 19.4 Å². The SMILES string of the molecule is COc1ccc(CC(C)NCC(C)(O)CN(C)C)cc1. The minimum absolute atomic E-state index is 0.317. The Morgan fingerprint density at radius 1 is 1.30 bits per heavy atom. The first-order valence-corrected chi connectivity index (χ1v) is 7.06. The van der Waals surface area contributed by atoms with E-state index in [4.69, 9.17) is 4.74 Å². The summed E-state index contributed by atoms with van der Waals surface area (Å²) >= 11 is 0. The standard InChI is InChI=1S/C16H28N2O2/c1-13(17-11-16(2,19)12-18(3)4)10-14-6-8-15(20-5)9-7-14/h6-9,13,17,19H,10-12H2,1-5H3. The largest absolute Gasteiger partial charge is 0.497 e. The normalized spacial score (nSPS) is 15.9. The minimum Gasteiger partial charge on any atom is -0.497 e. The quantitative estimate of drug-likeness (QED) is 0.758. The highest BCUT2D eigenvalue weighted by molar-refractivity contribution is 5.27. The van der Waals surface area contributed by atoms with Gasteiger partial charge >= 0.3 is 0 Å². The van der Waals surface area contributed by atoms with Crippen LogP contribution in [-0.4, -0.2) is 55.9 Å². The van der Waals surface area contributed by atoms with Crippen LogP contribution in [0.3, 0.4) is 0 Å². The Kier molecular flexibility index (Phi) is 6.46. The monoisotopic (exact) mass is 280 g/mol. The Hall–Kier alpha value is -1.10. The van der Waals surface area contributed by atoms with Crippen LogP contribution < -0.4 is 10.1 Å². The fourth-order valence-electron chi connectivity index (χ4n) is 2.32. The van der Waals surface area contributed by atoms with Crippen LogP contribution in [0.2, 0.25) is 0 Å². The summed E-state index contributed by atoms with van der Waals surface area (Å²) in [7, 11) is 5.61. The molecule has 0 spiro atoms. The molecule has 2 N–H and O–H groups in total. The maximum atomic E-state index is 10.2. The van der Waals surface area contributed by atoms with E-state index in [1.54, 1.807) is 7.11 Å². The number of likely N-dealkylation sites (N-methyl/N-ethyl adjacent to an activating group) is 1. The average Bonchev–Trinajstić information content (AvgIpc) is 2.36. The number of hydrogen-bond acceptors (Lipinski definition) is 4. The summed E-state index contributed by atoms with van der Waals surface area (Å²) in [5.41, 5.74) is 0.551. The van der Waals surface area contributed by atoms with E-state index < -0.39 is 5.60 Å². The molecule has 0 aliphatic rings. The van der Waals surface area contributed by atoms with Crippen molar-refractivity contribution in [2.24, 2.45) is 0 Å². The Bertz CT molecular complexity index is 388. The molecule has 114 valence electrons. The highest BCUT2D eigenvalue weighted by Crippen LogP contribution is 2.13. The van der Waals surface area contributed by atoms with Gasteiger partial charge in [0.05, 0.1) is 12.7 Å². The fourth-order valence-corrected chi connectivity index (χ4v) is 2.32. The van der Waals surface area contributed by atoms with Gasteiger partial charge < -0.3 is 20.1 Å². The molecule has 0 amide bonds. The number of benzene rings is 1. The van der Waals surface area contributed by atoms with Crippen LogP contribution in [0, 0.1) is 0 Å². The van der Waals surface area contributed by atoms with Gasteiger partial charge in [-0.1, -0.05) is 12.1 Å². The lowest BCUT2D eigenvalue weighted by atomic mass is 10.0. The zero-order chi connectivity index (χ0) is 15.2. The second-order valence-corrected chi connectivity index (χ2v) is 6.07. The van der Waals surface area contributed by atoms with Crippen LogP contribution in [0.15, 0.2) is 24.3 Å². The molecule has 2 unspecified atom stereocenters. The van der Waals surface area contributed by atoms with Crippen molar-refractivity contribution in [1.29, 1.82) is 0 Å². The van der Waals surface area contributed by atoms with Crippen molar-refractivity contribution >= 4 is 0 Å². The molecule has 0 aliphatic heterocycles. The van der Waals surface area contributed by atoms with Gasteiger partial charge in [0.1, 0.15) is 5.75 Å². The van der Waals surface area contributed by atoms with Gasteiger partial charge in [0, 0.05) is 19.1 Å². The molecule has 0 saturated heterocycles. The molecule has 1 aromatic rings. The molecule has 0 radical (unpaired) electrons. The van der Waals surface area contributed by atoms with E-state index in [-0.39, 0.29) is 0 Å². The number of ether oxygens (including phenoxy) is 1. The third kappa shape index (κ3) is 6.37. The van der Waals surface area contributed by atoms with Crippen molar-refractivity contribution in [3.05, 3.63) is 29.8 Å². The molecular weight excluding hydrogens is 252 g/mol. The lowest BCUT2D eigenvalue weighted by Gasteiger charge is -2.28. The molecule has 0 bridgehead atoms. The first-order chi connectivity index (χ1) is 9.32. The summed E-state index contributed by atoms with van der Waals surface area (Å²) in [6.45, 7) is 5.23. The summed E-state index contributed by atoms with van der Waals surface area (Å²) in [5, 5.41) is 13.6. The maximum absolute atomic E-state index is 10.2. The molecule has 1 aromatic carbocycles. The van der Waals surface area contributed by atoms with Crippen molar-refractivity contribution < 1.29 is 9.84 Å². The summed E-state index contributed by atoms with van der Waals surface area (Å²) in [5.74, 6) is 0.878. The second kappa shape index (κ2) is 7.62. The fraction of sp³-hybridized carbons (Fsp3) is 0.625. The molecule has 20 heavy (non-hydrogen) atoms. The van der Waals surface area contributed by atoms with Crippen molar-refractivity contribution in [3.63, 3.8) is 0 Å². The first kappa shape index (κ1) is 17.0. The molecule has 0 heterocycles. The Labute approximate surface area is 122 Å². The van der Waals surface area contributed by atoms with Gasteiger partial charge in [-0.2, -0.15) is 0 Å². The predicted octanol–water partition coefficient (Wildman–Crippen LogP) is 1.53. The molecule has 0 aliphatic carbocycles. The van der Waals surface area contributed by atoms with E-state index in [0.29, 0.717) is 19.1 Å². The summed E-state index contributed by atoms with van der Waals surface area (Å²) < 4.78 is 5.15. The van der Waals surface area contributed by atoms with Crippen molar-refractivity contribution in [1.82, 2.24) is 10.2 Å². The lowest BCUT2D eigenvalue weighted by Crippen LogP contribution is -2.48. The van der Waals surface area contributed by atoms with E-state index >= 15 is 0 Å². The van der Waals surface area contributed by atoms with Crippen LogP contribution in [0.25, 0.3) is 0 Å². The van der Waals surface area contributed by atoms with E-state index in [0.717, 1.165) is 12.2 Å². The van der Waals surface area contributed by atoms with Crippen molar-refractivity contribution in [2.45, 2.75) is 31.9 Å². The Morgan fingerprint density at radius 2 is 1.90 bits per heavy atom.